The first kappa shape index (κ1) is 22.6. The molecule has 0 unspecified atom stereocenters. The number of hydrogen-bond acceptors (Lipinski definition) is 3. The van der Waals surface area contributed by atoms with Gasteiger partial charge >= 0.3 is 0 Å². The third-order valence-corrected chi connectivity index (χ3v) is 6.31. The predicted molar refractivity (Wildman–Crippen MR) is 115 cm³/mol. The largest absolute Gasteiger partial charge is 0.486 e. The minimum absolute atomic E-state index is 0.0561. The topological polar surface area (TPSA) is 43.4 Å². The van der Waals surface area contributed by atoms with Crippen molar-refractivity contribution in [1.82, 2.24) is 0 Å². The van der Waals surface area contributed by atoms with Gasteiger partial charge in [0.05, 0.1) is 10.8 Å². The van der Waals surface area contributed by atoms with Crippen molar-refractivity contribution < 1.29 is 14.3 Å². The molecule has 0 saturated carbocycles. The normalized spacial score (nSPS) is 28.7. The van der Waals surface area contributed by atoms with Crippen LogP contribution in [0.1, 0.15) is 81.1 Å². The minimum Gasteiger partial charge on any atom is -0.486 e. The highest BCUT2D eigenvalue weighted by atomic mass is 16.5. The lowest BCUT2D eigenvalue weighted by atomic mass is 9.59. The van der Waals surface area contributed by atoms with Crippen LogP contribution in [0, 0.1) is 22.7 Å². The van der Waals surface area contributed by atoms with E-state index in [4.69, 9.17) is 4.74 Å². The maximum absolute atomic E-state index is 13.4. The third kappa shape index (κ3) is 3.90. The lowest BCUT2D eigenvalue weighted by Crippen LogP contribution is -2.54. The molecule has 0 saturated heterocycles. The summed E-state index contributed by atoms with van der Waals surface area (Å²) in [5, 5.41) is 0. The fourth-order valence-corrected chi connectivity index (χ4v) is 4.84. The molecule has 1 heterocycles. The molecule has 0 aromatic rings. The summed E-state index contributed by atoms with van der Waals surface area (Å²) in [4.78, 5) is 26.6. The van der Waals surface area contributed by atoms with Gasteiger partial charge in [-0.1, -0.05) is 32.1 Å². The van der Waals surface area contributed by atoms with E-state index in [0.717, 1.165) is 31.3 Å². The maximum Gasteiger partial charge on any atom is 0.175 e. The molecule has 0 spiro atoms. The molecule has 1 aliphatic carbocycles. The summed E-state index contributed by atoms with van der Waals surface area (Å²) in [5.41, 5.74) is -0.324. The van der Waals surface area contributed by atoms with Gasteiger partial charge in [-0.15, -0.1) is 0 Å². The highest BCUT2D eigenvalue weighted by Crippen LogP contribution is 2.54. The summed E-state index contributed by atoms with van der Waals surface area (Å²) < 4.78 is 6.56. The zero-order valence-corrected chi connectivity index (χ0v) is 19.1. The van der Waals surface area contributed by atoms with Gasteiger partial charge in [-0.3, -0.25) is 9.59 Å². The summed E-state index contributed by atoms with van der Waals surface area (Å²) in [5.74, 6) is 1.02. The van der Waals surface area contributed by atoms with Crippen LogP contribution in [-0.2, 0) is 14.3 Å². The van der Waals surface area contributed by atoms with Crippen LogP contribution in [0.15, 0.2) is 35.6 Å². The molecule has 2 aliphatic rings. The van der Waals surface area contributed by atoms with Crippen molar-refractivity contribution >= 4 is 11.6 Å². The molecular formula is C25H38O3. The summed E-state index contributed by atoms with van der Waals surface area (Å²) >= 11 is 0. The Morgan fingerprint density at radius 3 is 2.29 bits per heavy atom. The molecule has 2 atom stereocenters. The standard InChI is InChI=1S/C25H38O3/c1-10-25(13-11-12-16(2)3)15-18(14-17(4)5)19-20(26)23(6,7)22(27)24(8,9)21(19)28-25/h10,12,17-18H,1,11,13-15H2,2-9H3/t18-,25+/m1/s1. The number of Topliss-reactive ketones (excluding diaryl/α,β-unsaturated/α-hetero) is 2. The van der Waals surface area contributed by atoms with Crippen LogP contribution in [-0.4, -0.2) is 17.2 Å². The van der Waals surface area contributed by atoms with E-state index in [0.29, 0.717) is 11.7 Å². The summed E-state index contributed by atoms with van der Waals surface area (Å²) in [6.45, 7) is 20.0. The number of rotatable bonds is 6. The molecule has 0 N–H and O–H groups in total. The smallest absolute Gasteiger partial charge is 0.175 e. The zero-order valence-electron chi connectivity index (χ0n) is 19.1. The van der Waals surface area contributed by atoms with Gasteiger partial charge in [0, 0.05) is 5.57 Å². The van der Waals surface area contributed by atoms with Gasteiger partial charge in [-0.25, -0.2) is 0 Å². The van der Waals surface area contributed by atoms with Gasteiger partial charge in [0.1, 0.15) is 11.4 Å². The van der Waals surface area contributed by atoms with E-state index in [9.17, 15) is 9.59 Å². The first-order valence-electron chi connectivity index (χ1n) is 10.6. The second kappa shape index (κ2) is 7.65. The van der Waals surface area contributed by atoms with Gasteiger partial charge in [0.25, 0.3) is 0 Å². The Morgan fingerprint density at radius 1 is 1.18 bits per heavy atom. The minimum atomic E-state index is -1.00. The Kier molecular flexibility index (Phi) is 6.19. The number of hydrogen-bond donors (Lipinski definition) is 0. The predicted octanol–water partition coefficient (Wildman–Crippen LogP) is 6.20. The molecule has 1 aliphatic heterocycles. The fourth-order valence-electron chi connectivity index (χ4n) is 4.84. The molecule has 3 heteroatoms. The van der Waals surface area contributed by atoms with Crippen LogP contribution in [0.3, 0.4) is 0 Å². The summed E-state index contributed by atoms with van der Waals surface area (Å²) in [6.07, 6.45) is 7.45. The number of carbonyl (C=O) groups is 2. The van der Waals surface area contributed by atoms with E-state index in [1.807, 2.05) is 19.9 Å². The molecule has 0 amide bonds. The Bertz CT molecular complexity index is 729. The number of carbonyl (C=O) groups excluding carboxylic acids is 2. The summed E-state index contributed by atoms with van der Waals surface area (Å²) in [7, 11) is 0. The van der Waals surface area contributed by atoms with Crippen molar-refractivity contribution in [2.24, 2.45) is 22.7 Å². The number of ether oxygens (including phenoxy) is 1. The van der Waals surface area contributed by atoms with E-state index < -0.39 is 16.4 Å². The van der Waals surface area contributed by atoms with Crippen molar-refractivity contribution in [3.8, 4) is 0 Å². The van der Waals surface area contributed by atoms with E-state index in [2.05, 4.69) is 40.3 Å². The van der Waals surface area contributed by atoms with Crippen molar-refractivity contribution in [2.75, 3.05) is 0 Å². The Hall–Kier alpha value is -1.64. The molecule has 0 aromatic heterocycles. The van der Waals surface area contributed by atoms with E-state index >= 15 is 0 Å². The van der Waals surface area contributed by atoms with Crippen molar-refractivity contribution in [3.05, 3.63) is 35.6 Å². The molecule has 0 aromatic carbocycles. The van der Waals surface area contributed by atoms with Gasteiger partial charge in [-0.2, -0.15) is 0 Å². The lowest BCUT2D eigenvalue weighted by molar-refractivity contribution is -0.149. The van der Waals surface area contributed by atoms with Gasteiger partial charge in [0.15, 0.2) is 11.6 Å². The van der Waals surface area contributed by atoms with Crippen molar-refractivity contribution in [3.63, 3.8) is 0 Å². The molecule has 0 bridgehead atoms. The molecular weight excluding hydrogens is 348 g/mol. The van der Waals surface area contributed by atoms with Gasteiger partial charge in [0.2, 0.25) is 0 Å². The Labute approximate surface area is 171 Å². The van der Waals surface area contributed by atoms with Crippen LogP contribution < -0.4 is 0 Å². The maximum atomic E-state index is 13.4. The van der Waals surface area contributed by atoms with Crippen LogP contribution >= 0.6 is 0 Å². The van der Waals surface area contributed by atoms with Crippen molar-refractivity contribution in [2.45, 2.75) is 86.7 Å². The van der Waals surface area contributed by atoms with Crippen LogP contribution in [0.5, 0.6) is 0 Å². The Balaban J connectivity index is 2.60. The fraction of sp³-hybridized carbons (Fsp3) is 0.680. The molecule has 0 fully saturated rings. The van der Waals surface area contributed by atoms with E-state index in [-0.39, 0.29) is 17.5 Å². The second-order valence-corrected chi connectivity index (χ2v) is 10.4. The first-order valence-corrected chi connectivity index (χ1v) is 10.6. The Morgan fingerprint density at radius 2 is 1.79 bits per heavy atom. The van der Waals surface area contributed by atoms with E-state index in [1.54, 1.807) is 13.8 Å². The molecule has 156 valence electrons. The molecule has 2 rings (SSSR count). The first-order chi connectivity index (χ1) is 12.8. The van der Waals surface area contributed by atoms with Crippen LogP contribution in [0.4, 0.5) is 0 Å². The van der Waals surface area contributed by atoms with E-state index in [1.165, 1.54) is 5.57 Å². The molecule has 0 radical (unpaired) electrons. The highest BCUT2D eigenvalue weighted by molar-refractivity contribution is 6.19. The van der Waals surface area contributed by atoms with Gasteiger partial charge in [-0.05, 0) is 85.1 Å². The lowest BCUT2D eigenvalue weighted by Gasteiger charge is -2.50. The summed E-state index contributed by atoms with van der Waals surface area (Å²) in [6, 6.07) is 0. The third-order valence-electron chi connectivity index (χ3n) is 6.31. The highest BCUT2D eigenvalue weighted by Gasteiger charge is 2.58. The zero-order chi connectivity index (χ0) is 21.5. The van der Waals surface area contributed by atoms with Crippen LogP contribution in [0.2, 0.25) is 0 Å². The van der Waals surface area contributed by atoms with Crippen molar-refractivity contribution in [1.29, 1.82) is 0 Å². The average molecular weight is 387 g/mol. The SMILES string of the molecule is C=C[C@]1(CCC=C(C)C)C[C@@H](CC(C)C)C2=C(O1)C(C)(C)C(=O)C(C)(C)C2=O. The molecule has 28 heavy (non-hydrogen) atoms. The number of ketones is 2. The van der Waals surface area contributed by atoms with Crippen LogP contribution in [0.25, 0.3) is 0 Å². The quantitative estimate of drug-likeness (QED) is 0.403. The monoisotopic (exact) mass is 386 g/mol. The second-order valence-electron chi connectivity index (χ2n) is 10.4. The van der Waals surface area contributed by atoms with Gasteiger partial charge < -0.3 is 4.74 Å². The average Bonchev–Trinajstić information content (AvgIpc) is 2.58. The molecule has 3 nitrogen and oxygen atoms in total. The number of allylic oxidation sites excluding steroid dienone is 4.